The van der Waals surface area contributed by atoms with Crippen LogP contribution in [0, 0.1) is 5.92 Å². The number of hydrogen-bond donors (Lipinski definition) is 1. The van der Waals surface area contributed by atoms with Crippen molar-refractivity contribution in [3.05, 3.63) is 70.8 Å². The van der Waals surface area contributed by atoms with E-state index in [1.807, 2.05) is 33.8 Å². The van der Waals surface area contributed by atoms with Gasteiger partial charge < -0.3 is 10.1 Å². The van der Waals surface area contributed by atoms with Crippen LogP contribution in [0.3, 0.4) is 0 Å². The first-order valence-corrected chi connectivity index (χ1v) is 9.42. The van der Waals surface area contributed by atoms with Crippen LogP contribution in [0.4, 0.5) is 13.2 Å². The van der Waals surface area contributed by atoms with Gasteiger partial charge in [0.05, 0.1) is 12.7 Å². The Hall–Kier alpha value is -2.76. The minimum Gasteiger partial charge on any atom is -0.496 e. The lowest BCUT2D eigenvalue weighted by molar-refractivity contribution is -0.137. The first-order chi connectivity index (χ1) is 13.6. The van der Waals surface area contributed by atoms with E-state index < -0.39 is 11.7 Å². The summed E-state index contributed by atoms with van der Waals surface area (Å²) in [6, 6.07) is 12.1. The Morgan fingerprint density at radius 3 is 2.10 bits per heavy atom. The summed E-state index contributed by atoms with van der Waals surface area (Å²) in [6.45, 7) is 7.36. The zero-order chi connectivity index (χ0) is 21.8. The highest BCUT2D eigenvalue weighted by Crippen LogP contribution is 2.40. The molecule has 3 nitrogen and oxygen atoms in total. The summed E-state index contributed by atoms with van der Waals surface area (Å²) in [5, 5.41) is 2.87. The Balaban J connectivity index is 2.90. The van der Waals surface area contributed by atoms with Gasteiger partial charge in [-0.1, -0.05) is 44.2 Å². The van der Waals surface area contributed by atoms with E-state index in [4.69, 9.17) is 4.74 Å². The van der Waals surface area contributed by atoms with Gasteiger partial charge in [0.25, 0.3) is 0 Å². The predicted molar refractivity (Wildman–Crippen MR) is 109 cm³/mol. The molecule has 0 unspecified atom stereocenters. The quantitative estimate of drug-likeness (QED) is 0.627. The molecule has 0 aliphatic heterocycles. The third-order valence-corrected chi connectivity index (χ3v) is 4.37. The van der Waals surface area contributed by atoms with Crippen molar-refractivity contribution in [3.8, 4) is 5.75 Å². The van der Waals surface area contributed by atoms with Crippen molar-refractivity contribution < 1.29 is 22.7 Å². The molecule has 0 bridgehead atoms. The molecule has 0 spiro atoms. The van der Waals surface area contributed by atoms with E-state index in [0.29, 0.717) is 16.7 Å². The largest absolute Gasteiger partial charge is 0.496 e. The summed E-state index contributed by atoms with van der Waals surface area (Å²) in [5.41, 5.74) is 0.919. The Labute approximate surface area is 169 Å². The van der Waals surface area contributed by atoms with Crippen LogP contribution in [-0.2, 0) is 11.0 Å². The van der Waals surface area contributed by atoms with Crippen LogP contribution in [-0.4, -0.2) is 19.1 Å². The van der Waals surface area contributed by atoms with Crippen molar-refractivity contribution in [1.29, 1.82) is 0 Å². The minimum absolute atomic E-state index is 0.114. The number of benzene rings is 2. The average Bonchev–Trinajstić information content (AvgIpc) is 2.64. The van der Waals surface area contributed by atoms with E-state index in [9.17, 15) is 18.0 Å². The standard InChI is InChI=1S/C23H26F3NO2/c1-14(2)20(22(28)27-15(3)4)21(16-9-7-6-8-10-16)18-13-17(23(24,25)26)11-12-19(18)29-5/h6-15H,1-5H3,(H,27,28). The SMILES string of the molecule is COc1ccc(C(F)(F)F)cc1C(=C(C(=O)NC(C)C)C(C)C)c1ccccc1. The van der Waals surface area contributed by atoms with Crippen molar-refractivity contribution in [3.63, 3.8) is 0 Å². The molecule has 0 aliphatic rings. The number of amides is 1. The average molecular weight is 405 g/mol. The van der Waals surface area contributed by atoms with E-state index in [1.54, 1.807) is 24.3 Å². The number of ether oxygens (including phenoxy) is 1. The second-order valence-electron chi connectivity index (χ2n) is 7.35. The number of alkyl halides is 3. The van der Waals surface area contributed by atoms with Crippen LogP contribution >= 0.6 is 0 Å². The summed E-state index contributed by atoms with van der Waals surface area (Å²) in [4.78, 5) is 13.0. The molecule has 1 amide bonds. The van der Waals surface area contributed by atoms with E-state index >= 15 is 0 Å². The Kier molecular flexibility index (Phi) is 7.11. The summed E-state index contributed by atoms with van der Waals surface area (Å²) < 4.78 is 45.6. The van der Waals surface area contributed by atoms with Crippen LogP contribution in [0.15, 0.2) is 54.1 Å². The minimum atomic E-state index is -4.51. The topological polar surface area (TPSA) is 38.3 Å². The molecule has 0 atom stereocenters. The molecule has 156 valence electrons. The fraction of sp³-hybridized carbons (Fsp3) is 0.348. The van der Waals surface area contributed by atoms with Gasteiger partial charge in [-0.05, 0) is 43.5 Å². The molecule has 0 heterocycles. The third-order valence-electron chi connectivity index (χ3n) is 4.37. The van der Waals surface area contributed by atoms with Crippen molar-refractivity contribution in [2.45, 2.75) is 39.9 Å². The van der Waals surface area contributed by atoms with E-state index in [-0.39, 0.29) is 29.2 Å². The molecule has 6 heteroatoms. The van der Waals surface area contributed by atoms with Crippen molar-refractivity contribution in [2.24, 2.45) is 5.92 Å². The second kappa shape index (κ2) is 9.16. The Morgan fingerprint density at radius 1 is 1.00 bits per heavy atom. The van der Waals surface area contributed by atoms with Crippen molar-refractivity contribution >= 4 is 11.5 Å². The number of carbonyl (C=O) groups is 1. The van der Waals surface area contributed by atoms with Crippen LogP contribution in [0.5, 0.6) is 5.75 Å². The van der Waals surface area contributed by atoms with E-state index in [1.165, 1.54) is 13.2 Å². The fourth-order valence-corrected chi connectivity index (χ4v) is 3.14. The first-order valence-electron chi connectivity index (χ1n) is 9.42. The molecular formula is C23H26F3NO2. The maximum atomic E-state index is 13.4. The molecule has 0 radical (unpaired) electrons. The summed E-state index contributed by atoms with van der Waals surface area (Å²) in [6.07, 6.45) is -4.51. The number of methoxy groups -OCH3 is 1. The molecule has 0 saturated carbocycles. The maximum Gasteiger partial charge on any atom is 0.416 e. The molecule has 2 rings (SSSR count). The van der Waals surface area contributed by atoms with Gasteiger partial charge in [-0.3, -0.25) is 4.79 Å². The smallest absolute Gasteiger partial charge is 0.416 e. The normalized spacial score (nSPS) is 12.8. The van der Waals surface area contributed by atoms with Gasteiger partial charge >= 0.3 is 6.18 Å². The number of hydrogen-bond acceptors (Lipinski definition) is 2. The van der Waals surface area contributed by atoms with Gasteiger partial charge in [0.1, 0.15) is 5.75 Å². The number of rotatable bonds is 6. The van der Waals surface area contributed by atoms with Gasteiger partial charge in [0.2, 0.25) is 5.91 Å². The van der Waals surface area contributed by atoms with Gasteiger partial charge in [-0.2, -0.15) is 13.2 Å². The first kappa shape index (κ1) is 22.5. The van der Waals surface area contributed by atoms with Gasteiger partial charge in [0, 0.05) is 22.8 Å². The van der Waals surface area contributed by atoms with E-state index in [0.717, 1.165) is 12.1 Å². The van der Waals surface area contributed by atoms with Crippen LogP contribution in [0.1, 0.15) is 44.4 Å². The lowest BCUT2D eigenvalue weighted by Crippen LogP contribution is -2.33. The van der Waals surface area contributed by atoms with Crippen LogP contribution in [0.25, 0.3) is 5.57 Å². The third kappa shape index (κ3) is 5.40. The monoisotopic (exact) mass is 405 g/mol. The van der Waals surface area contributed by atoms with Crippen LogP contribution in [0.2, 0.25) is 0 Å². The highest BCUT2D eigenvalue weighted by Gasteiger charge is 2.32. The van der Waals surface area contributed by atoms with Gasteiger partial charge in [-0.15, -0.1) is 0 Å². The zero-order valence-corrected chi connectivity index (χ0v) is 17.2. The molecule has 0 saturated heterocycles. The molecule has 29 heavy (non-hydrogen) atoms. The van der Waals surface area contributed by atoms with Crippen LogP contribution < -0.4 is 10.1 Å². The predicted octanol–water partition coefficient (Wildman–Crippen LogP) is 5.70. The lowest BCUT2D eigenvalue weighted by atomic mass is 9.86. The lowest BCUT2D eigenvalue weighted by Gasteiger charge is -2.22. The molecule has 2 aromatic carbocycles. The Morgan fingerprint density at radius 2 is 1.62 bits per heavy atom. The highest BCUT2D eigenvalue weighted by molar-refractivity contribution is 6.05. The molecule has 0 aromatic heterocycles. The fourth-order valence-electron chi connectivity index (χ4n) is 3.14. The van der Waals surface area contributed by atoms with Crippen molar-refractivity contribution in [2.75, 3.05) is 7.11 Å². The molecule has 2 aromatic rings. The molecule has 0 aliphatic carbocycles. The molecule has 0 fully saturated rings. The number of nitrogens with one attached hydrogen (secondary N) is 1. The van der Waals surface area contributed by atoms with Crippen molar-refractivity contribution in [1.82, 2.24) is 5.32 Å². The zero-order valence-electron chi connectivity index (χ0n) is 17.2. The van der Waals surface area contributed by atoms with Gasteiger partial charge in [-0.25, -0.2) is 0 Å². The number of halogens is 3. The Bertz CT molecular complexity index is 885. The summed E-state index contributed by atoms with van der Waals surface area (Å²) in [5.74, 6) is -0.274. The maximum absolute atomic E-state index is 13.4. The number of carbonyl (C=O) groups excluding carboxylic acids is 1. The molecule has 1 N–H and O–H groups in total. The summed E-state index contributed by atoms with van der Waals surface area (Å²) >= 11 is 0. The van der Waals surface area contributed by atoms with Gasteiger partial charge in [0.15, 0.2) is 0 Å². The highest BCUT2D eigenvalue weighted by atomic mass is 19.4. The van der Waals surface area contributed by atoms with E-state index in [2.05, 4.69) is 5.32 Å². The molecular weight excluding hydrogens is 379 g/mol. The summed E-state index contributed by atoms with van der Waals surface area (Å²) in [7, 11) is 1.40. The second-order valence-corrected chi connectivity index (χ2v) is 7.35.